The summed E-state index contributed by atoms with van der Waals surface area (Å²) in [4.78, 5) is 21.1. The molecule has 1 saturated carbocycles. The summed E-state index contributed by atoms with van der Waals surface area (Å²) in [6, 6.07) is 4.11. The maximum atomic E-state index is 13.6. The van der Waals surface area contributed by atoms with Gasteiger partial charge in [0.15, 0.2) is 0 Å². The average Bonchev–Trinajstić information content (AvgIpc) is 3.38. The Morgan fingerprint density at radius 1 is 1.21 bits per heavy atom. The van der Waals surface area contributed by atoms with E-state index in [2.05, 4.69) is 15.2 Å². The minimum absolute atomic E-state index is 0.225. The van der Waals surface area contributed by atoms with Gasteiger partial charge in [-0.1, -0.05) is 0 Å². The van der Waals surface area contributed by atoms with Crippen LogP contribution in [-0.2, 0) is 6.18 Å². The van der Waals surface area contributed by atoms with Crippen molar-refractivity contribution in [2.75, 3.05) is 43.4 Å². The van der Waals surface area contributed by atoms with Gasteiger partial charge in [-0.15, -0.1) is 11.3 Å². The molecule has 2 heterocycles. The van der Waals surface area contributed by atoms with Gasteiger partial charge < -0.3 is 15.1 Å². The highest BCUT2D eigenvalue weighted by Gasteiger charge is 2.35. The fourth-order valence-corrected chi connectivity index (χ4v) is 4.21. The predicted molar refractivity (Wildman–Crippen MR) is 103 cm³/mol. The number of carbonyl (C=O) groups excluding carboxylic acids is 1. The maximum absolute atomic E-state index is 13.6. The van der Waals surface area contributed by atoms with E-state index in [0.29, 0.717) is 29.6 Å². The summed E-state index contributed by atoms with van der Waals surface area (Å²) in [5, 5.41) is 3.31. The molecule has 28 heavy (non-hydrogen) atoms. The van der Waals surface area contributed by atoms with E-state index in [1.54, 1.807) is 6.07 Å². The Labute approximate surface area is 165 Å². The van der Waals surface area contributed by atoms with Crippen molar-refractivity contribution in [2.45, 2.75) is 24.9 Å². The Morgan fingerprint density at radius 2 is 1.93 bits per heavy atom. The van der Waals surface area contributed by atoms with Crippen molar-refractivity contribution in [1.29, 1.82) is 0 Å². The van der Waals surface area contributed by atoms with Crippen molar-refractivity contribution in [1.82, 2.24) is 9.88 Å². The SMILES string of the molecule is CN1CCN(c2ccc(NC(=O)c3cnc(C4CC4)s3)c(C(F)(F)F)c2)CC1. The van der Waals surface area contributed by atoms with E-state index in [9.17, 15) is 18.0 Å². The van der Waals surface area contributed by atoms with Gasteiger partial charge in [-0.3, -0.25) is 4.79 Å². The number of hydrogen-bond acceptors (Lipinski definition) is 5. The third-order valence-electron chi connectivity index (χ3n) is 5.10. The third-order valence-corrected chi connectivity index (χ3v) is 6.26. The molecule has 1 N–H and O–H groups in total. The Bertz CT molecular complexity index is 870. The molecule has 1 aromatic heterocycles. The Morgan fingerprint density at radius 3 is 2.57 bits per heavy atom. The molecule has 0 atom stereocenters. The minimum atomic E-state index is -4.56. The van der Waals surface area contributed by atoms with Crippen LogP contribution in [0.2, 0.25) is 0 Å². The van der Waals surface area contributed by atoms with E-state index in [1.165, 1.54) is 23.6 Å². The zero-order valence-electron chi connectivity index (χ0n) is 15.4. The number of nitrogens with one attached hydrogen (secondary N) is 1. The van der Waals surface area contributed by atoms with E-state index < -0.39 is 17.6 Å². The maximum Gasteiger partial charge on any atom is 0.418 e. The number of benzene rings is 1. The van der Waals surface area contributed by atoms with Crippen molar-refractivity contribution in [3.05, 3.63) is 39.8 Å². The van der Waals surface area contributed by atoms with E-state index >= 15 is 0 Å². The van der Waals surface area contributed by atoms with Crippen molar-refractivity contribution >= 4 is 28.6 Å². The molecular weight excluding hydrogens is 389 g/mol. The highest BCUT2D eigenvalue weighted by molar-refractivity contribution is 7.13. The number of thiazole rings is 1. The van der Waals surface area contributed by atoms with E-state index in [-0.39, 0.29) is 5.69 Å². The van der Waals surface area contributed by atoms with E-state index in [4.69, 9.17) is 0 Å². The molecule has 0 unspecified atom stereocenters. The molecule has 5 nitrogen and oxygen atoms in total. The summed E-state index contributed by atoms with van der Waals surface area (Å²) in [7, 11) is 1.99. The molecule has 1 aliphatic carbocycles. The molecule has 0 radical (unpaired) electrons. The molecule has 1 saturated heterocycles. The Hall–Kier alpha value is -2.13. The van der Waals surface area contributed by atoms with Crippen LogP contribution >= 0.6 is 11.3 Å². The first-order valence-corrected chi connectivity index (χ1v) is 10.0. The van der Waals surface area contributed by atoms with Crippen LogP contribution in [0.25, 0.3) is 0 Å². The lowest BCUT2D eigenvalue weighted by Gasteiger charge is -2.34. The molecule has 2 fully saturated rings. The first-order valence-electron chi connectivity index (χ1n) is 9.23. The van der Waals surface area contributed by atoms with E-state index in [0.717, 1.165) is 37.0 Å². The van der Waals surface area contributed by atoms with Crippen LogP contribution < -0.4 is 10.2 Å². The minimum Gasteiger partial charge on any atom is -0.369 e. The van der Waals surface area contributed by atoms with E-state index in [1.807, 2.05) is 11.9 Å². The second kappa shape index (κ2) is 7.36. The number of nitrogens with zero attached hydrogens (tertiary/aromatic N) is 3. The zero-order chi connectivity index (χ0) is 19.9. The number of piperazine rings is 1. The number of alkyl halides is 3. The van der Waals surface area contributed by atoms with Crippen molar-refractivity contribution < 1.29 is 18.0 Å². The summed E-state index contributed by atoms with van der Waals surface area (Å²) < 4.78 is 40.9. The number of carbonyl (C=O) groups is 1. The normalized spacial score (nSPS) is 18.4. The summed E-state index contributed by atoms with van der Waals surface area (Å²) >= 11 is 1.25. The molecule has 1 amide bonds. The van der Waals surface area contributed by atoms with Gasteiger partial charge in [-0.05, 0) is 38.1 Å². The van der Waals surface area contributed by atoms with Gasteiger partial charge in [0.25, 0.3) is 5.91 Å². The topological polar surface area (TPSA) is 48.5 Å². The van der Waals surface area contributed by atoms with Gasteiger partial charge in [0.1, 0.15) is 4.88 Å². The monoisotopic (exact) mass is 410 g/mol. The van der Waals surface area contributed by atoms with Gasteiger partial charge in [-0.25, -0.2) is 4.98 Å². The third kappa shape index (κ3) is 4.15. The molecule has 0 bridgehead atoms. The quantitative estimate of drug-likeness (QED) is 0.827. The highest BCUT2D eigenvalue weighted by Crippen LogP contribution is 2.42. The van der Waals surface area contributed by atoms with Crippen LogP contribution in [0, 0.1) is 0 Å². The Kier molecular flexibility index (Phi) is 5.05. The van der Waals surface area contributed by atoms with Crippen LogP contribution in [0.1, 0.15) is 39.0 Å². The number of rotatable bonds is 4. The predicted octanol–water partition coefficient (Wildman–Crippen LogP) is 4.04. The molecule has 9 heteroatoms. The first kappa shape index (κ1) is 19.2. The molecular formula is C19H21F3N4OS. The van der Waals surface area contributed by atoms with Crippen LogP contribution in [-0.4, -0.2) is 49.0 Å². The van der Waals surface area contributed by atoms with Gasteiger partial charge in [0.2, 0.25) is 0 Å². The van der Waals surface area contributed by atoms with Gasteiger partial charge in [-0.2, -0.15) is 13.2 Å². The number of amides is 1. The van der Waals surface area contributed by atoms with Crippen LogP contribution in [0.3, 0.4) is 0 Å². The second-order valence-corrected chi connectivity index (χ2v) is 8.37. The largest absolute Gasteiger partial charge is 0.418 e. The van der Waals surface area contributed by atoms with Gasteiger partial charge in [0, 0.05) is 37.8 Å². The first-order chi connectivity index (χ1) is 13.3. The van der Waals surface area contributed by atoms with Gasteiger partial charge in [0.05, 0.1) is 22.5 Å². The molecule has 150 valence electrons. The summed E-state index contributed by atoms with van der Waals surface area (Å²) in [6.07, 6.45) is -1.00. The summed E-state index contributed by atoms with van der Waals surface area (Å²) in [6.45, 7) is 2.94. The summed E-state index contributed by atoms with van der Waals surface area (Å²) in [5.74, 6) is -0.151. The lowest BCUT2D eigenvalue weighted by atomic mass is 10.1. The fourth-order valence-electron chi connectivity index (χ4n) is 3.23. The molecule has 2 aliphatic rings. The number of halogens is 3. The number of likely N-dealkylation sites (N-methyl/N-ethyl adjacent to an activating group) is 1. The van der Waals surface area contributed by atoms with Crippen LogP contribution in [0.15, 0.2) is 24.4 Å². The van der Waals surface area contributed by atoms with Crippen molar-refractivity contribution in [2.24, 2.45) is 0 Å². The number of anilines is 2. The van der Waals surface area contributed by atoms with Crippen molar-refractivity contribution in [3.8, 4) is 0 Å². The molecule has 1 aliphatic heterocycles. The smallest absolute Gasteiger partial charge is 0.369 e. The van der Waals surface area contributed by atoms with Crippen molar-refractivity contribution in [3.63, 3.8) is 0 Å². The molecule has 1 aromatic carbocycles. The Balaban J connectivity index is 1.56. The number of aromatic nitrogens is 1. The molecule has 4 rings (SSSR count). The summed E-state index contributed by atoms with van der Waals surface area (Å²) in [5.41, 5.74) is -0.534. The lowest BCUT2D eigenvalue weighted by Crippen LogP contribution is -2.44. The zero-order valence-corrected chi connectivity index (χ0v) is 16.2. The van der Waals surface area contributed by atoms with Gasteiger partial charge >= 0.3 is 6.18 Å². The standard InChI is InChI=1S/C19H21F3N4OS/c1-25-6-8-26(9-7-25)13-4-5-15(14(10-13)19(20,21)22)24-17(27)16-11-23-18(28-16)12-2-3-12/h4-5,10-12H,2-3,6-9H2,1H3,(H,24,27). The van der Waals surface area contributed by atoms with Crippen LogP contribution in [0.4, 0.5) is 24.5 Å². The molecule has 0 spiro atoms. The van der Waals surface area contributed by atoms with Crippen LogP contribution in [0.5, 0.6) is 0 Å². The molecule has 2 aromatic rings. The highest BCUT2D eigenvalue weighted by atomic mass is 32.1. The second-order valence-electron chi connectivity index (χ2n) is 7.31. The number of hydrogen-bond donors (Lipinski definition) is 1. The average molecular weight is 410 g/mol. The fraction of sp³-hybridized carbons (Fsp3) is 0.474. The lowest BCUT2D eigenvalue weighted by molar-refractivity contribution is -0.136.